The topological polar surface area (TPSA) is 118 Å². The summed E-state index contributed by atoms with van der Waals surface area (Å²) >= 11 is -0.308. The molecule has 162 valence electrons. The third-order valence-electron chi connectivity index (χ3n) is 4.84. The van der Waals surface area contributed by atoms with Crippen molar-refractivity contribution in [2.45, 2.75) is 6.92 Å². The van der Waals surface area contributed by atoms with Gasteiger partial charge in [-0.05, 0) is 0 Å². The van der Waals surface area contributed by atoms with Gasteiger partial charge in [0.25, 0.3) is 0 Å². The maximum absolute atomic E-state index is 13.2. The Labute approximate surface area is 195 Å². The van der Waals surface area contributed by atoms with Gasteiger partial charge in [0, 0.05) is 0 Å². The van der Waals surface area contributed by atoms with E-state index in [9.17, 15) is 9.59 Å². The van der Waals surface area contributed by atoms with Crippen LogP contribution in [-0.2, 0) is 0 Å². The van der Waals surface area contributed by atoms with Gasteiger partial charge in [0.2, 0.25) is 0 Å². The van der Waals surface area contributed by atoms with Crippen LogP contribution in [0.2, 0.25) is 0 Å². The molecule has 0 atom stereocenters. The number of nitrogens with zero attached hydrogens (tertiary/aromatic N) is 4. The number of ether oxygens (including phenoxy) is 1. The van der Waals surface area contributed by atoms with E-state index in [0.717, 1.165) is 16.4 Å². The summed E-state index contributed by atoms with van der Waals surface area (Å²) in [6.07, 6.45) is 2.24. The number of methoxy groups -OCH3 is 1. The minimum atomic E-state index is -0.382. The second-order valence-corrected chi connectivity index (χ2v) is 9.06. The second-order valence-electron chi connectivity index (χ2n) is 7.00. The van der Waals surface area contributed by atoms with Crippen molar-refractivity contribution in [1.82, 2.24) is 15.2 Å². The Morgan fingerprint density at radius 3 is 2.61 bits per heavy atom. The summed E-state index contributed by atoms with van der Waals surface area (Å²) in [6.45, 7) is 1.82. The average Bonchev–Trinajstić information content (AvgIpc) is 3.31. The standard InChI is InChI=1S/C24H17N5O3Se/c1-14-9-18(19-10-16(13-30)5-8-21(19)32-2)20(12-26-14)22(31)27-24-29-28-23(33-24)17-6-3-15(11-25)4-7-17/h3-10,12-13H,1-2H3,(H,27,29,31). The first-order chi connectivity index (χ1) is 16.0. The van der Waals surface area contributed by atoms with Crippen molar-refractivity contribution >= 4 is 31.4 Å². The van der Waals surface area contributed by atoms with Gasteiger partial charge in [-0.15, -0.1) is 0 Å². The Bertz CT molecular complexity index is 1390. The zero-order valence-electron chi connectivity index (χ0n) is 17.7. The van der Waals surface area contributed by atoms with E-state index in [1.165, 1.54) is 13.3 Å². The molecule has 0 spiro atoms. The average molecular weight is 502 g/mol. The fraction of sp³-hybridized carbons (Fsp3) is 0.0833. The van der Waals surface area contributed by atoms with Gasteiger partial charge in [-0.1, -0.05) is 0 Å². The van der Waals surface area contributed by atoms with Gasteiger partial charge >= 0.3 is 196 Å². The third-order valence-corrected chi connectivity index (χ3v) is 6.70. The molecule has 2 heterocycles. The molecular weight excluding hydrogens is 485 g/mol. The number of aryl methyl sites for hydroxylation is 1. The number of rotatable bonds is 6. The van der Waals surface area contributed by atoms with E-state index < -0.39 is 0 Å². The Morgan fingerprint density at radius 1 is 1.12 bits per heavy atom. The van der Waals surface area contributed by atoms with Crippen molar-refractivity contribution in [3.8, 4) is 33.1 Å². The number of amides is 1. The number of hydrogen-bond donors (Lipinski definition) is 1. The molecule has 0 saturated carbocycles. The molecule has 0 aliphatic heterocycles. The van der Waals surface area contributed by atoms with E-state index in [4.69, 9.17) is 10.00 Å². The molecule has 0 fully saturated rings. The Kier molecular flexibility index (Phi) is 6.40. The molecule has 8 nitrogen and oxygen atoms in total. The zero-order valence-corrected chi connectivity index (χ0v) is 19.4. The number of anilines is 1. The molecule has 1 N–H and O–H groups in total. The summed E-state index contributed by atoms with van der Waals surface area (Å²) in [4.78, 5) is 28.8. The first-order valence-electron chi connectivity index (χ1n) is 9.78. The second kappa shape index (κ2) is 9.57. The predicted molar refractivity (Wildman–Crippen MR) is 123 cm³/mol. The molecule has 0 aliphatic rings. The molecule has 33 heavy (non-hydrogen) atoms. The Hall–Kier alpha value is -4.12. The van der Waals surface area contributed by atoms with Crippen LogP contribution in [0.15, 0.2) is 54.7 Å². The van der Waals surface area contributed by atoms with E-state index in [0.29, 0.717) is 44.0 Å². The molecule has 4 aromatic rings. The number of carbonyl (C=O) groups is 2. The Balaban J connectivity index is 1.66. The van der Waals surface area contributed by atoms with Crippen LogP contribution in [0.25, 0.3) is 21.3 Å². The first kappa shape index (κ1) is 22.1. The van der Waals surface area contributed by atoms with E-state index in [2.05, 4.69) is 26.6 Å². The molecule has 2 aromatic carbocycles. The molecule has 1 amide bonds. The zero-order chi connectivity index (χ0) is 23.4. The number of nitriles is 1. The summed E-state index contributed by atoms with van der Waals surface area (Å²) in [5.41, 5.74) is 4.14. The van der Waals surface area contributed by atoms with Crippen molar-refractivity contribution < 1.29 is 14.3 Å². The molecule has 0 saturated heterocycles. The number of aldehydes is 1. The molecule has 0 radical (unpaired) electrons. The van der Waals surface area contributed by atoms with Crippen molar-refractivity contribution in [3.05, 3.63) is 77.1 Å². The van der Waals surface area contributed by atoms with Gasteiger partial charge in [-0.2, -0.15) is 0 Å². The van der Waals surface area contributed by atoms with Crippen LogP contribution < -0.4 is 10.1 Å². The third kappa shape index (κ3) is 4.72. The summed E-state index contributed by atoms with van der Waals surface area (Å²) in [5.74, 6) is 0.155. The monoisotopic (exact) mass is 503 g/mol. The minimum absolute atomic E-state index is 0.308. The van der Waals surface area contributed by atoms with Gasteiger partial charge in [-0.25, -0.2) is 0 Å². The number of nitrogens with one attached hydrogen (secondary N) is 1. The number of carbonyl (C=O) groups excluding carboxylic acids is 2. The molecule has 0 unspecified atom stereocenters. The van der Waals surface area contributed by atoms with Gasteiger partial charge in [0.15, 0.2) is 0 Å². The van der Waals surface area contributed by atoms with Crippen LogP contribution in [-0.4, -0.2) is 49.0 Å². The van der Waals surface area contributed by atoms with E-state index in [1.807, 2.05) is 19.1 Å². The van der Waals surface area contributed by atoms with Crippen LogP contribution in [0.5, 0.6) is 5.75 Å². The van der Waals surface area contributed by atoms with Gasteiger partial charge in [0.05, 0.1) is 0 Å². The van der Waals surface area contributed by atoms with Crippen molar-refractivity contribution in [1.29, 1.82) is 5.26 Å². The van der Waals surface area contributed by atoms with E-state index in [-0.39, 0.29) is 20.4 Å². The molecule has 2 aromatic heterocycles. The fourth-order valence-electron chi connectivity index (χ4n) is 3.22. The molecular formula is C24H17N5O3Se. The van der Waals surface area contributed by atoms with Gasteiger partial charge < -0.3 is 0 Å². The Morgan fingerprint density at radius 2 is 1.91 bits per heavy atom. The molecule has 9 heteroatoms. The molecule has 0 bridgehead atoms. The predicted octanol–water partition coefficient (Wildman–Crippen LogP) is 3.52. The van der Waals surface area contributed by atoms with Gasteiger partial charge in [0.1, 0.15) is 0 Å². The van der Waals surface area contributed by atoms with Gasteiger partial charge in [-0.3, -0.25) is 0 Å². The number of aromatic nitrogens is 3. The number of pyridine rings is 1. The normalized spacial score (nSPS) is 10.3. The quantitative estimate of drug-likeness (QED) is 0.317. The number of benzene rings is 2. The number of hydrogen-bond acceptors (Lipinski definition) is 7. The van der Waals surface area contributed by atoms with Crippen LogP contribution >= 0.6 is 0 Å². The van der Waals surface area contributed by atoms with Crippen LogP contribution in [0.4, 0.5) is 4.69 Å². The van der Waals surface area contributed by atoms with Crippen LogP contribution in [0.1, 0.15) is 32.0 Å². The van der Waals surface area contributed by atoms with E-state index >= 15 is 0 Å². The fourth-order valence-corrected chi connectivity index (χ4v) is 4.78. The van der Waals surface area contributed by atoms with Crippen LogP contribution in [0.3, 0.4) is 0 Å². The summed E-state index contributed by atoms with van der Waals surface area (Å²) < 4.78 is 6.68. The summed E-state index contributed by atoms with van der Waals surface area (Å²) in [5, 5.41) is 20.1. The summed E-state index contributed by atoms with van der Waals surface area (Å²) in [7, 11) is 1.53. The van der Waals surface area contributed by atoms with Crippen molar-refractivity contribution in [2.75, 3.05) is 12.4 Å². The van der Waals surface area contributed by atoms with E-state index in [1.54, 1.807) is 36.4 Å². The maximum atomic E-state index is 13.2. The SMILES string of the molecule is COc1ccc(C=O)cc1-c1cc(C)ncc1C(=O)Nc1nnc(-c2ccc(C#N)cc2)[se]1. The molecule has 4 rings (SSSR count). The van der Waals surface area contributed by atoms with Crippen LogP contribution in [0, 0.1) is 18.3 Å². The summed E-state index contributed by atoms with van der Waals surface area (Å²) in [6, 6.07) is 16.0. The first-order valence-corrected chi connectivity index (χ1v) is 11.5. The van der Waals surface area contributed by atoms with Crippen molar-refractivity contribution in [3.63, 3.8) is 0 Å². The molecule has 0 aliphatic carbocycles. The van der Waals surface area contributed by atoms with Crippen molar-refractivity contribution in [2.24, 2.45) is 0 Å².